The minimum absolute atomic E-state index is 0.0864. The van der Waals surface area contributed by atoms with E-state index in [4.69, 9.17) is 10.2 Å². The molecule has 0 aromatic carbocycles. The number of aryl methyl sites for hydroxylation is 1. The first kappa shape index (κ1) is 34.3. The number of amides is 2. The maximum Gasteiger partial charge on any atom is 0.303 e. The highest BCUT2D eigenvalue weighted by Crippen LogP contribution is 2.31. The van der Waals surface area contributed by atoms with Crippen LogP contribution in [0.15, 0.2) is 39.8 Å². The number of aromatic amines is 2. The Morgan fingerprint density at radius 2 is 1.28 bits per heavy atom. The summed E-state index contributed by atoms with van der Waals surface area (Å²) in [5.74, 6) is -1.79. The second-order valence-corrected chi connectivity index (χ2v) is 12.2. The molecule has 46 heavy (non-hydrogen) atoms. The van der Waals surface area contributed by atoms with Crippen LogP contribution in [0.1, 0.15) is 119 Å². The van der Waals surface area contributed by atoms with Gasteiger partial charge >= 0.3 is 11.9 Å². The molecule has 4 rings (SSSR count). The lowest BCUT2D eigenvalue weighted by Crippen LogP contribution is -2.15. The number of nitrogens with one attached hydrogen (secondary N) is 4. The molecule has 0 unspecified atom stereocenters. The summed E-state index contributed by atoms with van der Waals surface area (Å²) >= 11 is 0. The molecule has 2 amide bonds. The van der Waals surface area contributed by atoms with E-state index in [0.717, 1.165) is 98.8 Å². The van der Waals surface area contributed by atoms with E-state index in [1.54, 1.807) is 0 Å². The molecule has 0 saturated carbocycles. The van der Waals surface area contributed by atoms with Crippen molar-refractivity contribution < 1.29 is 29.4 Å². The van der Waals surface area contributed by atoms with Crippen molar-refractivity contribution in [3.8, 4) is 0 Å². The molecular formula is C36H46N4O6. The van der Waals surface area contributed by atoms with Crippen LogP contribution >= 0.6 is 0 Å². The number of H-pyrrole nitrogens is 2. The predicted octanol–water partition coefficient (Wildman–Crippen LogP) is 6.23. The van der Waals surface area contributed by atoms with Crippen LogP contribution in [0.25, 0.3) is 12.2 Å². The van der Waals surface area contributed by atoms with Gasteiger partial charge in [-0.1, -0.05) is 13.8 Å². The molecule has 2 aliphatic heterocycles. The second-order valence-electron chi connectivity index (χ2n) is 12.2. The zero-order valence-corrected chi connectivity index (χ0v) is 27.5. The van der Waals surface area contributed by atoms with E-state index in [0.29, 0.717) is 32.1 Å². The number of carboxylic acid groups (broad SMARTS) is 2. The number of aliphatic carboxylic acids is 2. The van der Waals surface area contributed by atoms with E-state index in [-0.39, 0.29) is 24.7 Å². The molecule has 0 fully saturated rings. The van der Waals surface area contributed by atoms with Crippen molar-refractivity contribution in [2.45, 2.75) is 105 Å². The normalized spacial score (nSPS) is 16.7. The fraction of sp³-hybridized carbons (Fsp3) is 0.444. The minimum atomic E-state index is -0.809. The molecular weight excluding hydrogens is 584 g/mol. The van der Waals surface area contributed by atoms with Crippen molar-refractivity contribution in [1.29, 1.82) is 0 Å². The summed E-state index contributed by atoms with van der Waals surface area (Å²) in [6.07, 6.45) is 10.2. The van der Waals surface area contributed by atoms with E-state index >= 15 is 0 Å². The number of allylic oxidation sites excluding steroid dienone is 2. The van der Waals surface area contributed by atoms with Crippen molar-refractivity contribution in [2.75, 3.05) is 0 Å². The number of aromatic nitrogens is 2. The molecule has 246 valence electrons. The van der Waals surface area contributed by atoms with Crippen LogP contribution in [0, 0.1) is 6.92 Å². The molecule has 0 radical (unpaired) electrons. The number of carbonyl (C=O) groups excluding carboxylic acids is 2. The Labute approximate surface area is 270 Å². The quantitative estimate of drug-likeness (QED) is 0.120. The number of rotatable bonds is 16. The van der Waals surface area contributed by atoms with Crippen molar-refractivity contribution in [3.05, 3.63) is 79.2 Å². The number of carboxylic acids is 2. The summed E-state index contributed by atoms with van der Waals surface area (Å²) in [6.45, 7) is 9.78. The van der Waals surface area contributed by atoms with E-state index < -0.39 is 11.9 Å². The third kappa shape index (κ3) is 7.97. The number of hydrogen-bond acceptors (Lipinski definition) is 4. The highest BCUT2D eigenvalue weighted by atomic mass is 16.4. The summed E-state index contributed by atoms with van der Waals surface area (Å²) in [7, 11) is 0. The molecule has 2 aromatic rings. The number of hydrogen-bond donors (Lipinski definition) is 6. The lowest BCUT2D eigenvalue weighted by atomic mass is 9.98. The van der Waals surface area contributed by atoms with Crippen LogP contribution in [0.4, 0.5) is 0 Å². The Morgan fingerprint density at radius 3 is 1.83 bits per heavy atom. The van der Waals surface area contributed by atoms with E-state index in [1.807, 2.05) is 39.8 Å². The highest BCUT2D eigenvalue weighted by molar-refractivity contribution is 6.01. The van der Waals surface area contributed by atoms with Crippen molar-refractivity contribution in [2.24, 2.45) is 0 Å². The van der Waals surface area contributed by atoms with Gasteiger partial charge in [-0.05, 0) is 118 Å². The molecule has 0 atom stereocenters. The molecule has 10 heteroatoms. The van der Waals surface area contributed by atoms with Crippen LogP contribution < -0.4 is 10.6 Å². The van der Waals surface area contributed by atoms with Crippen LogP contribution in [0.3, 0.4) is 0 Å². The van der Waals surface area contributed by atoms with Gasteiger partial charge in [0, 0.05) is 64.6 Å². The van der Waals surface area contributed by atoms with Gasteiger partial charge in [0.1, 0.15) is 0 Å². The van der Waals surface area contributed by atoms with Gasteiger partial charge in [-0.3, -0.25) is 19.2 Å². The Morgan fingerprint density at radius 1 is 0.739 bits per heavy atom. The van der Waals surface area contributed by atoms with Gasteiger partial charge in [-0.15, -0.1) is 0 Å². The third-order valence-electron chi connectivity index (χ3n) is 9.06. The van der Waals surface area contributed by atoms with Gasteiger partial charge in [0.15, 0.2) is 0 Å². The standard InChI is InChI=1S/C36H46N4O6/c1-6-25-21(4)35(45)39-30(25)17-24-16-23(12-8-10-14-33(41)42)29(37-24)19-32-27(13-9-11-15-34(43)44)20(3)28(38-32)18-31-26(7-2)22(5)36(46)40-31/h16-18,37-38H,6-15,19H2,1-5H3,(H,39,45)(H,40,46)(H,41,42)(H,43,44)/b30-17-,31-18-. The second kappa shape index (κ2) is 15.1. The first-order valence-corrected chi connectivity index (χ1v) is 16.2. The van der Waals surface area contributed by atoms with Gasteiger partial charge in [0.2, 0.25) is 0 Å². The Hall–Kier alpha value is -4.60. The van der Waals surface area contributed by atoms with Crippen molar-refractivity contribution in [1.82, 2.24) is 20.6 Å². The van der Waals surface area contributed by atoms with Crippen LogP contribution in [0.5, 0.6) is 0 Å². The Balaban J connectivity index is 1.72. The number of unbranched alkanes of at least 4 members (excludes halogenated alkanes) is 2. The van der Waals surface area contributed by atoms with Crippen LogP contribution in [0.2, 0.25) is 0 Å². The van der Waals surface area contributed by atoms with Gasteiger partial charge in [0.25, 0.3) is 11.8 Å². The first-order chi connectivity index (χ1) is 21.9. The minimum Gasteiger partial charge on any atom is -0.481 e. The van der Waals surface area contributed by atoms with E-state index in [9.17, 15) is 19.2 Å². The molecule has 4 heterocycles. The van der Waals surface area contributed by atoms with Gasteiger partial charge in [-0.25, -0.2) is 0 Å². The largest absolute Gasteiger partial charge is 0.481 e. The first-order valence-electron chi connectivity index (χ1n) is 16.2. The molecule has 0 spiro atoms. The zero-order valence-electron chi connectivity index (χ0n) is 27.5. The SMILES string of the molecule is CCC1=C(C)C(=O)N/C1=C\c1cc(CCCCC(=O)O)c(Cc2[nH]c(/C=C3\NC(=O)C(C)=C3CC)c(C)c2CCCCC(=O)O)[nH]1. The summed E-state index contributed by atoms with van der Waals surface area (Å²) in [5.41, 5.74) is 12.0. The van der Waals surface area contributed by atoms with Gasteiger partial charge in [-0.2, -0.15) is 0 Å². The zero-order chi connectivity index (χ0) is 33.5. The lowest BCUT2D eigenvalue weighted by molar-refractivity contribution is -0.138. The Kier molecular flexibility index (Phi) is 11.3. The van der Waals surface area contributed by atoms with Crippen LogP contribution in [-0.2, 0) is 38.4 Å². The average molecular weight is 631 g/mol. The molecule has 6 N–H and O–H groups in total. The summed E-state index contributed by atoms with van der Waals surface area (Å²) in [6, 6.07) is 2.08. The fourth-order valence-corrected chi connectivity index (χ4v) is 6.44. The Bertz CT molecular complexity index is 1660. The van der Waals surface area contributed by atoms with E-state index in [1.165, 1.54) is 0 Å². The highest BCUT2D eigenvalue weighted by Gasteiger charge is 2.25. The van der Waals surface area contributed by atoms with Crippen LogP contribution in [-0.4, -0.2) is 43.9 Å². The van der Waals surface area contributed by atoms with Gasteiger partial charge < -0.3 is 30.8 Å². The van der Waals surface area contributed by atoms with Crippen molar-refractivity contribution >= 4 is 35.9 Å². The molecule has 10 nitrogen and oxygen atoms in total. The topological polar surface area (TPSA) is 164 Å². The molecule has 0 saturated heterocycles. The predicted molar refractivity (Wildman–Crippen MR) is 178 cm³/mol. The number of carbonyl (C=O) groups is 4. The van der Waals surface area contributed by atoms with Gasteiger partial charge in [0.05, 0.1) is 0 Å². The summed E-state index contributed by atoms with van der Waals surface area (Å²) in [5, 5.41) is 24.3. The average Bonchev–Trinajstić information content (AvgIpc) is 3.68. The monoisotopic (exact) mass is 630 g/mol. The fourth-order valence-electron chi connectivity index (χ4n) is 6.44. The van der Waals surface area contributed by atoms with Crippen molar-refractivity contribution in [3.63, 3.8) is 0 Å². The summed E-state index contributed by atoms with van der Waals surface area (Å²) < 4.78 is 0. The maximum absolute atomic E-state index is 12.4. The molecule has 0 bridgehead atoms. The third-order valence-corrected chi connectivity index (χ3v) is 9.06. The molecule has 2 aliphatic rings. The summed E-state index contributed by atoms with van der Waals surface area (Å²) in [4.78, 5) is 54.3. The smallest absolute Gasteiger partial charge is 0.303 e. The maximum atomic E-state index is 12.4. The van der Waals surface area contributed by atoms with E-state index in [2.05, 4.69) is 33.6 Å². The lowest BCUT2D eigenvalue weighted by Gasteiger charge is -2.08. The molecule has 2 aromatic heterocycles. The molecule has 0 aliphatic carbocycles.